The fraction of sp³-hybridized carbons (Fsp3) is 0.609. The average molecular weight is 380 g/mol. The zero-order valence-corrected chi connectivity index (χ0v) is 16.7. The molecule has 4 saturated carbocycles. The molecule has 0 unspecified atom stereocenters. The van der Waals surface area contributed by atoms with Gasteiger partial charge in [-0.15, -0.1) is 0 Å². The fourth-order valence-corrected chi connectivity index (χ4v) is 6.87. The lowest BCUT2D eigenvalue weighted by atomic mass is 9.48. The van der Waals surface area contributed by atoms with Crippen molar-refractivity contribution in [2.24, 2.45) is 23.2 Å². The first-order valence-electron chi connectivity index (χ1n) is 10.6. The Hall–Kier alpha value is -2.17. The van der Waals surface area contributed by atoms with Gasteiger partial charge in [0.2, 0.25) is 0 Å². The van der Waals surface area contributed by atoms with Crippen molar-refractivity contribution < 1.29 is 9.72 Å². The van der Waals surface area contributed by atoms with Gasteiger partial charge in [-0.2, -0.15) is 0 Å². The first-order valence-corrected chi connectivity index (χ1v) is 10.6. The van der Waals surface area contributed by atoms with Gasteiger partial charge in [0.15, 0.2) is 5.78 Å². The van der Waals surface area contributed by atoms with Crippen LogP contribution < -0.4 is 5.32 Å². The van der Waals surface area contributed by atoms with Crippen molar-refractivity contribution in [2.45, 2.75) is 64.3 Å². The molecule has 1 aliphatic heterocycles. The summed E-state index contributed by atoms with van der Waals surface area (Å²) in [6.45, 7) is 4.16. The molecule has 4 bridgehead atoms. The number of nitrogens with one attached hydrogen (secondary N) is 1. The van der Waals surface area contributed by atoms with Crippen LogP contribution in [-0.2, 0) is 11.2 Å². The largest absolute Gasteiger partial charge is 0.379 e. The molecular formula is C23H28N2O3. The normalized spacial score (nSPS) is 36.1. The van der Waals surface area contributed by atoms with E-state index in [9.17, 15) is 14.9 Å². The van der Waals surface area contributed by atoms with E-state index in [0.29, 0.717) is 6.42 Å². The Kier molecular flexibility index (Phi) is 3.78. The number of hydrogen-bond acceptors (Lipinski definition) is 4. The topological polar surface area (TPSA) is 72.2 Å². The highest BCUT2D eigenvalue weighted by molar-refractivity contribution is 6.01. The van der Waals surface area contributed by atoms with Gasteiger partial charge in [-0.1, -0.05) is 0 Å². The van der Waals surface area contributed by atoms with Crippen molar-refractivity contribution in [1.82, 2.24) is 5.32 Å². The molecule has 148 valence electrons. The predicted octanol–water partition coefficient (Wildman–Crippen LogP) is 4.65. The van der Waals surface area contributed by atoms with Gasteiger partial charge >= 0.3 is 0 Å². The third kappa shape index (κ3) is 2.87. The third-order valence-corrected chi connectivity index (χ3v) is 7.53. The van der Waals surface area contributed by atoms with Crippen LogP contribution in [0.3, 0.4) is 0 Å². The summed E-state index contributed by atoms with van der Waals surface area (Å²) in [5, 5.41) is 14.7. The Bertz CT molecular complexity index is 864. The van der Waals surface area contributed by atoms with Crippen molar-refractivity contribution in [3.8, 4) is 0 Å². The maximum absolute atomic E-state index is 13.5. The highest BCUT2D eigenvalue weighted by atomic mass is 16.6. The van der Waals surface area contributed by atoms with Crippen LogP contribution in [0.25, 0.3) is 5.70 Å². The number of ketones is 1. The summed E-state index contributed by atoms with van der Waals surface area (Å²) >= 11 is 0. The number of nitrogens with zero attached hydrogens (tertiary/aromatic N) is 1. The average Bonchev–Trinajstić information content (AvgIpc) is 2.59. The highest BCUT2D eigenvalue weighted by Gasteiger charge is 2.54. The van der Waals surface area contributed by atoms with E-state index in [4.69, 9.17) is 0 Å². The van der Waals surface area contributed by atoms with Crippen LogP contribution >= 0.6 is 0 Å². The maximum Gasteiger partial charge on any atom is 0.269 e. The molecule has 28 heavy (non-hydrogen) atoms. The summed E-state index contributed by atoms with van der Waals surface area (Å²) in [5.41, 5.74) is 2.43. The van der Waals surface area contributed by atoms with Gasteiger partial charge in [-0.25, -0.2) is 0 Å². The molecular weight excluding hydrogens is 352 g/mol. The summed E-state index contributed by atoms with van der Waals surface area (Å²) in [6.07, 6.45) is 9.66. The number of non-ortho nitro benzene ring substituents is 1. The number of allylic oxidation sites excluding steroid dienone is 1. The van der Waals surface area contributed by atoms with Gasteiger partial charge in [0.1, 0.15) is 0 Å². The molecule has 4 aliphatic carbocycles. The Morgan fingerprint density at radius 1 is 1.14 bits per heavy atom. The van der Waals surface area contributed by atoms with E-state index in [2.05, 4.69) is 19.2 Å². The van der Waals surface area contributed by atoms with E-state index < -0.39 is 0 Å². The minimum absolute atomic E-state index is 0.114. The molecule has 1 N–H and O–H groups in total. The molecule has 5 aliphatic rings. The van der Waals surface area contributed by atoms with Gasteiger partial charge in [0.05, 0.1) is 4.92 Å². The summed E-state index contributed by atoms with van der Waals surface area (Å²) in [7, 11) is 0. The zero-order chi connectivity index (χ0) is 19.7. The number of nitro groups is 1. The minimum atomic E-state index is -0.348. The van der Waals surface area contributed by atoms with E-state index in [-0.39, 0.29) is 27.3 Å². The number of rotatable bonds is 3. The second-order valence-electron chi connectivity index (χ2n) is 10.4. The molecule has 0 amide bonds. The van der Waals surface area contributed by atoms with E-state index in [1.165, 1.54) is 19.3 Å². The van der Waals surface area contributed by atoms with Gasteiger partial charge in [-0.3, -0.25) is 14.9 Å². The molecule has 0 aromatic heterocycles. The van der Waals surface area contributed by atoms with E-state index >= 15 is 0 Å². The molecule has 4 fully saturated rings. The van der Waals surface area contributed by atoms with Gasteiger partial charge in [0.25, 0.3) is 5.69 Å². The number of carbonyl (C=O) groups excluding carboxylic acids is 1. The number of carbonyl (C=O) groups is 1. The Morgan fingerprint density at radius 2 is 1.75 bits per heavy atom. The molecule has 0 saturated heterocycles. The van der Waals surface area contributed by atoms with Crippen LogP contribution in [0, 0.1) is 33.3 Å². The summed E-state index contributed by atoms with van der Waals surface area (Å²) in [5.74, 6) is 2.48. The first kappa shape index (κ1) is 17.9. The number of nitro benzene ring substituents is 1. The predicted molar refractivity (Wildman–Crippen MR) is 108 cm³/mol. The smallest absolute Gasteiger partial charge is 0.269 e. The SMILES string of the molecule is CC1(C)Cc2cc([N+](=O)[O-])ccc2/C(=C\C(=O)C23CC4CC(CC(C4)C2)C3)N1. The Labute approximate surface area is 165 Å². The molecule has 6 rings (SSSR count). The van der Waals surface area contributed by atoms with Crippen LogP contribution in [0.15, 0.2) is 24.3 Å². The second kappa shape index (κ2) is 5.91. The number of benzene rings is 1. The van der Waals surface area contributed by atoms with Gasteiger partial charge in [-0.05, 0) is 88.2 Å². The van der Waals surface area contributed by atoms with Gasteiger partial charge in [0, 0.05) is 40.4 Å². The van der Waals surface area contributed by atoms with Crippen molar-refractivity contribution in [2.75, 3.05) is 0 Å². The molecule has 5 heteroatoms. The maximum atomic E-state index is 13.5. The van der Waals surface area contributed by atoms with Crippen LogP contribution in [0.2, 0.25) is 0 Å². The fourth-order valence-electron chi connectivity index (χ4n) is 6.87. The molecule has 0 spiro atoms. The van der Waals surface area contributed by atoms with Crippen LogP contribution in [0.4, 0.5) is 5.69 Å². The summed E-state index contributed by atoms with van der Waals surface area (Å²) in [6, 6.07) is 5.01. The van der Waals surface area contributed by atoms with Crippen molar-refractivity contribution >= 4 is 17.2 Å². The third-order valence-electron chi connectivity index (χ3n) is 7.53. The second-order valence-corrected chi connectivity index (χ2v) is 10.4. The molecule has 0 atom stereocenters. The molecule has 1 aromatic rings. The lowest BCUT2D eigenvalue weighted by molar-refractivity contribution is -0.384. The molecule has 5 nitrogen and oxygen atoms in total. The standard InChI is InChI=1S/C23H28N2O3/c1-22(2)13-17-8-18(25(27)28)3-4-19(17)20(24-22)9-21(26)23-10-14-5-15(11-23)7-16(6-14)12-23/h3-4,8-9,14-16,24H,5-7,10-13H2,1-2H3/b20-9+. The Morgan fingerprint density at radius 3 is 2.32 bits per heavy atom. The molecule has 1 aromatic carbocycles. The van der Waals surface area contributed by atoms with Gasteiger partial charge < -0.3 is 5.32 Å². The lowest BCUT2D eigenvalue weighted by Gasteiger charge is -2.55. The quantitative estimate of drug-likeness (QED) is 0.471. The van der Waals surface area contributed by atoms with Crippen LogP contribution in [0.1, 0.15) is 63.5 Å². The first-order chi connectivity index (χ1) is 13.2. The molecule has 0 radical (unpaired) electrons. The van der Waals surface area contributed by atoms with E-state index in [1.54, 1.807) is 18.2 Å². The molecule has 1 heterocycles. The van der Waals surface area contributed by atoms with Crippen molar-refractivity contribution in [1.29, 1.82) is 0 Å². The monoisotopic (exact) mass is 380 g/mol. The van der Waals surface area contributed by atoms with Crippen molar-refractivity contribution in [3.63, 3.8) is 0 Å². The lowest BCUT2D eigenvalue weighted by Crippen LogP contribution is -2.50. The summed E-state index contributed by atoms with van der Waals surface area (Å²) < 4.78 is 0. The van der Waals surface area contributed by atoms with E-state index in [0.717, 1.165) is 53.8 Å². The van der Waals surface area contributed by atoms with Crippen LogP contribution in [0.5, 0.6) is 0 Å². The minimum Gasteiger partial charge on any atom is -0.379 e. The Balaban J connectivity index is 1.51. The van der Waals surface area contributed by atoms with Crippen molar-refractivity contribution in [3.05, 3.63) is 45.5 Å². The highest BCUT2D eigenvalue weighted by Crippen LogP contribution is 2.60. The number of fused-ring (bicyclic) bond motifs is 1. The zero-order valence-electron chi connectivity index (χ0n) is 16.7. The number of hydrogen-bond donors (Lipinski definition) is 1. The van der Waals surface area contributed by atoms with Crippen LogP contribution in [-0.4, -0.2) is 16.2 Å². The summed E-state index contributed by atoms with van der Waals surface area (Å²) in [4.78, 5) is 24.4. The van der Waals surface area contributed by atoms with E-state index in [1.807, 2.05) is 6.08 Å².